The van der Waals surface area contributed by atoms with Crippen LogP contribution in [0.1, 0.15) is 13.0 Å². The largest absolute Gasteiger partial charge is 0.420 e. The number of rotatable bonds is 4. The first-order chi connectivity index (χ1) is 14.3. The van der Waals surface area contributed by atoms with Crippen LogP contribution in [0.5, 0.6) is 0 Å². The Morgan fingerprint density at radius 1 is 1.07 bits per heavy atom. The van der Waals surface area contributed by atoms with E-state index in [0.717, 1.165) is 0 Å². The van der Waals surface area contributed by atoms with E-state index in [1.165, 1.54) is 21.0 Å². The molecule has 0 bridgehead atoms. The number of para-hydroxylation sites is 2. The third-order valence-corrected chi connectivity index (χ3v) is 7.38. The van der Waals surface area contributed by atoms with Gasteiger partial charge in [0.05, 0.1) is 10.4 Å². The molecule has 1 aliphatic rings. The fraction of sp³-hybridized carbons (Fsp3) is 0.300. The van der Waals surface area contributed by atoms with E-state index in [0.29, 0.717) is 16.1 Å². The molecule has 1 saturated heterocycles. The molecule has 158 valence electrons. The maximum Gasteiger partial charge on any atom is 0.420 e. The summed E-state index contributed by atoms with van der Waals surface area (Å²) in [5.41, 5.74) is 0.963. The Morgan fingerprint density at radius 3 is 2.47 bits per heavy atom. The standard InChI is InChI=1S/C20H20ClN3O5S/c1-14(24-17-7-2-3-8-18(17)29-20(24)26)19(25)22-9-11-23(12-10-22)30(27,28)16-6-4-5-15(21)13-16/h2-8,13-14H,9-12H2,1H3. The van der Waals surface area contributed by atoms with Crippen molar-refractivity contribution < 1.29 is 17.6 Å². The number of benzene rings is 2. The van der Waals surface area contributed by atoms with Gasteiger partial charge in [0, 0.05) is 31.2 Å². The topological polar surface area (TPSA) is 92.8 Å². The van der Waals surface area contributed by atoms with E-state index in [1.807, 2.05) is 0 Å². The zero-order chi connectivity index (χ0) is 21.5. The highest BCUT2D eigenvalue weighted by molar-refractivity contribution is 7.89. The lowest BCUT2D eigenvalue weighted by molar-refractivity contribution is -0.135. The molecule has 2 aromatic carbocycles. The molecule has 1 fully saturated rings. The fourth-order valence-electron chi connectivity index (χ4n) is 3.65. The van der Waals surface area contributed by atoms with Crippen molar-refractivity contribution in [1.82, 2.24) is 13.8 Å². The molecular formula is C20H20ClN3O5S. The highest BCUT2D eigenvalue weighted by Crippen LogP contribution is 2.23. The van der Waals surface area contributed by atoms with E-state index in [2.05, 4.69) is 0 Å². The lowest BCUT2D eigenvalue weighted by Gasteiger charge is -2.35. The number of oxazole rings is 1. The van der Waals surface area contributed by atoms with E-state index in [4.69, 9.17) is 16.0 Å². The first-order valence-electron chi connectivity index (χ1n) is 9.43. The van der Waals surface area contributed by atoms with Gasteiger partial charge < -0.3 is 9.32 Å². The van der Waals surface area contributed by atoms with Crippen molar-refractivity contribution >= 4 is 38.6 Å². The Bertz CT molecular complexity index is 1260. The molecular weight excluding hydrogens is 430 g/mol. The van der Waals surface area contributed by atoms with Gasteiger partial charge in [-0.25, -0.2) is 13.2 Å². The van der Waals surface area contributed by atoms with Crippen LogP contribution in [0.3, 0.4) is 0 Å². The molecule has 0 aliphatic carbocycles. The van der Waals surface area contributed by atoms with Crippen molar-refractivity contribution in [2.24, 2.45) is 0 Å². The Hall–Kier alpha value is -2.62. The van der Waals surface area contributed by atoms with Crippen molar-refractivity contribution in [3.63, 3.8) is 0 Å². The number of piperazine rings is 1. The van der Waals surface area contributed by atoms with Gasteiger partial charge in [-0.2, -0.15) is 4.31 Å². The molecule has 10 heteroatoms. The van der Waals surface area contributed by atoms with Crippen LogP contribution in [-0.2, 0) is 14.8 Å². The van der Waals surface area contributed by atoms with Gasteiger partial charge in [0.1, 0.15) is 6.04 Å². The van der Waals surface area contributed by atoms with Crippen molar-refractivity contribution in [2.75, 3.05) is 26.2 Å². The maximum atomic E-state index is 13.0. The number of carbonyl (C=O) groups is 1. The molecule has 1 aromatic heterocycles. The second kappa shape index (κ2) is 7.90. The Morgan fingerprint density at radius 2 is 1.77 bits per heavy atom. The summed E-state index contributed by atoms with van der Waals surface area (Å²) in [6.45, 7) is 2.42. The van der Waals surface area contributed by atoms with Gasteiger partial charge in [0.25, 0.3) is 0 Å². The fourth-order valence-corrected chi connectivity index (χ4v) is 5.37. The highest BCUT2D eigenvalue weighted by Gasteiger charge is 2.33. The molecule has 0 saturated carbocycles. The number of sulfonamides is 1. The van der Waals surface area contributed by atoms with Gasteiger partial charge in [-0.3, -0.25) is 9.36 Å². The zero-order valence-corrected chi connectivity index (χ0v) is 17.8. The first-order valence-corrected chi connectivity index (χ1v) is 11.3. The van der Waals surface area contributed by atoms with Crippen LogP contribution < -0.4 is 5.76 Å². The molecule has 2 heterocycles. The molecule has 1 unspecified atom stereocenters. The molecule has 4 rings (SSSR count). The van der Waals surface area contributed by atoms with E-state index < -0.39 is 21.8 Å². The molecule has 1 amide bonds. The molecule has 1 aliphatic heterocycles. The quantitative estimate of drug-likeness (QED) is 0.609. The van der Waals surface area contributed by atoms with Crippen LogP contribution in [0.2, 0.25) is 5.02 Å². The number of aromatic nitrogens is 1. The molecule has 0 spiro atoms. The molecule has 3 aromatic rings. The lowest BCUT2D eigenvalue weighted by atomic mass is 10.2. The number of fused-ring (bicyclic) bond motifs is 1. The number of hydrogen-bond acceptors (Lipinski definition) is 5. The van der Waals surface area contributed by atoms with Gasteiger partial charge in [-0.05, 0) is 37.3 Å². The lowest BCUT2D eigenvalue weighted by Crippen LogP contribution is -2.52. The Balaban J connectivity index is 1.49. The van der Waals surface area contributed by atoms with Crippen molar-refractivity contribution in [2.45, 2.75) is 17.9 Å². The van der Waals surface area contributed by atoms with Gasteiger partial charge in [0.15, 0.2) is 5.58 Å². The monoisotopic (exact) mass is 449 g/mol. The third kappa shape index (κ3) is 3.64. The zero-order valence-electron chi connectivity index (χ0n) is 16.2. The van der Waals surface area contributed by atoms with Crippen molar-refractivity contribution in [1.29, 1.82) is 0 Å². The minimum Gasteiger partial charge on any atom is -0.408 e. The first kappa shape index (κ1) is 20.6. The average Bonchev–Trinajstić information content (AvgIpc) is 3.08. The van der Waals surface area contributed by atoms with Crippen LogP contribution in [0.4, 0.5) is 0 Å². The van der Waals surface area contributed by atoms with Crippen LogP contribution in [0.15, 0.2) is 62.6 Å². The molecule has 0 radical (unpaired) electrons. The number of nitrogens with zero attached hydrogens (tertiary/aromatic N) is 3. The van der Waals surface area contributed by atoms with Crippen molar-refractivity contribution in [3.05, 3.63) is 64.1 Å². The highest BCUT2D eigenvalue weighted by atomic mass is 35.5. The predicted octanol–water partition coefficient (Wildman–Crippen LogP) is 2.34. The van der Waals surface area contributed by atoms with Crippen LogP contribution >= 0.6 is 11.6 Å². The normalized spacial score (nSPS) is 16.7. The summed E-state index contributed by atoms with van der Waals surface area (Å²) >= 11 is 5.92. The van der Waals surface area contributed by atoms with E-state index >= 15 is 0 Å². The maximum absolute atomic E-state index is 13.0. The summed E-state index contributed by atoms with van der Waals surface area (Å²) in [6, 6.07) is 12.3. The number of carbonyl (C=O) groups excluding carboxylic acids is 1. The Kier molecular flexibility index (Phi) is 5.44. The summed E-state index contributed by atoms with van der Waals surface area (Å²) in [4.78, 5) is 27.0. The SMILES string of the molecule is CC(C(=O)N1CCN(S(=O)(=O)c2cccc(Cl)c2)CC1)n1c(=O)oc2ccccc21. The second-order valence-corrected chi connectivity index (χ2v) is 9.44. The minimum atomic E-state index is -3.69. The third-order valence-electron chi connectivity index (χ3n) is 5.25. The van der Waals surface area contributed by atoms with Gasteiger partial charge in [-0.1, -0.05) is 29.8 Å². The predicted molar refractivity (Wildman–Crippen MR) is 112 cm³/mol. The molecule has 0 N–H and O–H groups in total. The number of halogens is 1. The summed E-state index contributed by atoms with van der Waals surface area (Å²) in [5.74, 6) is -0.859. The van der Waals surface area contributed by atoms with Crippen LogP contribution in [-0.4, -0.2) is 54.3 Å². The van der Waals surface area contributed by atoms with Gasteiger partial charge >= 0.3 is 5.76 Å². The second-order valence-electron chi connectivity index (χ2n) is 7.07. The minimum absolute atomic E-state index is 0.125. The Labute approximate surface area is 178 Å². The van der Waals surface area contributed by atoms with Crippen molar-refractivity contribution in [3.8, 4) is 0 Å². The number of amides is 1. The van der Waals surface area contributed by atoms with Gasteiger partial charge in [0.2, 0.25) is 15.9 Å². The van der Waals surface area contributed by atoms with Crippen LogP contribution in [0, 0.1) is 0 Å². The smallest absolute Gasteiger partial charge is 0.408 e. The molecule has 1 atom stereocenters. The summed E-state index contributed by atoms with van der Waals surface area (Å²) in [7, 11) is -3.69. The number of hydrogen-bond donors (Lipinski definition) is 0. The average molecular weight is 450 g/mol. The van der Waals surface area contributed by atoms with E-state index in [1.54, 1.807) is 48.2 Å². The summed E-state index contributed by atoms with van der Waals surface area (Å²) < 4.78 is 33.5. The van der Waals surface area contributed by atoms with Gasteiger partial charge in [-0.15, -0.1) is 0 Å². The van der Waals surface area contributed by atoms with E-state index in [9.17, 15) is 18.0 Å². The summed E-state index contributed by atoms with van der Waals surface area (Å²) in [5, 5.41) is 0.344. The van der Waals surface area contributed by atoms with E-state index in [-0.39, 0.29) is 37.0 Å². The summed E-state index contributed by atoms with van der Waals surface area (Å²) in [6.07, 6.45) is 0. The molecule has 30 heavy (non-hydrogen) atoms. The molecule has 8 nitrogen and oxygen atoms in total. The van der Waals surface area contributed by atoms with Crippen LogP contribution in [0.25, 0.3) is 11.1 Å².